The first-order valence-electron chi connectivity index (χ1n) is 4.65. The lowest BCUT2D eigenvalue weighted by molar-refractivity contribution is -0.484. The molecule has 0 amide bonds. The molecule has 0 bridgehead atoms. The lowest BCUT2D eigenvalue weighted by Crippen LogP contribution is -1.97. The van der Waals surface area contributed by atoms with Crippen LogP contribution in [0, 0.1) is 0 Å². The summed E-state index contributed by atoms with van der Waals surface area (Å²) in [6.07, 6.45) is 5.64. The monoisotopic (exact) mass is 172 g/mol. The van der Waals surface area contributed by atoms with Gasteiger partial charge < -0.3 is 0 Å². The maximum absolute atomic E-state index is 2.25. The molecule has 0 N–H and O–H groups in total. The van der Waals surface area contributed by atoms with E-state index in [2.05, 4.69) is 48.2 Å². The fourth-order valence-electron chi connectivity index (χ4n) is 1.59. The fraction of sp³-hybridized carbons (Fsp3) is 0.250. The number of rotatable bonds is 1. The third kappa shape index (κ3) is 2.05. The minimum atomic E-state index is 1.15. The summed E-state index contributed by atoms with van der Waals surface area (Å²) in [5, 5.41) is 0. The summed E-state index contributed by atoms with van der Waals surface area (Å²) in [6.45, 7) is 1.15. The van der Waals surface area contributed by atoms with Gasteiger partial charge in [-0.1, -0.05) is 30.3 Å². The maximum atomic E-state index is 2.25. The molecule has 0 saturated heterocycles. The molecule has 13 heavy (non-hydrogen) atoms. The zero-order valence-electron chi connectivity index (χ0n) is 7.90. The molecule has 0 aliphatic carbocycles. The number of benzene rings is 1. The second-order valence-electron chi connectivity index (χ2n) is 3.49. The molecule has 0 atom stereocenters. The first kappa shape index (κ1) is 8.24. The van der Waals surface area contributed by atoms with Crippen molar-refractivity contribution in [1.82, 2.24) is 0 Å². The van der Waals surface area contributed by atoms with E-state index in [4.69, 9.17) is 0 Å². The molecular formula is C12H14N+. The third-order valence-electron chi connectivity index (χ3n) is 2.29. The van der Waals surface area contributed by atoms with Crippen LogP contribution in [0.2, 0.25) is 0 Å². The normalized spacial score (nSPS) is 19.2. The quantitative estimate of drug-likeness (QED) is 0.571. The van der Waals surface area contributed by atoms with Crippen LogP contribution in [0.5, 0.6) is 0 Å². The Balaban J connectivity index is 2.22. The number of nitrogens with zero attached hydrogens (tertiary/aromatic N) is 1. The molecule has 1 heterocycles. The highest BCUT2D eigenvalue weighted by Gasteiger charge is 2.10. The molecule has 1 aromatic carbocycles. The zero-order valence-corrected chi connectivity index (χ0v) is 7.90. The van der Waals surface area contributed by atoms with Crippen molar-refractivity contribution in [2.24, 2.45) is 0 Å². The molecule has 0 fully saturated rings. The molecule has 1 nitrogen and oxygen atoms in total. The van der Waals surface area contributed by atoms with Crippen molar-refractivity contribution in [3.63, 3.8) is 0 Å². The van der Waals surface area contributed by atoms with Crippen molar-refractivity contribution in [2.45, 2.75) is 6.42 Å². The summed E-state index contributed by atoms with van der Waals surface area (Å²) in [5.74, 6) is 0. The highest BCUT2D eigenvalue weighted by Crippen LogP contribution is 2.11. The molecule has 0 unspecified atom stereocenters. The second kappa shape index (κ2) is 3.56. The van der Waals surface area contributed by atoms with E-state index < -0.39 is 0 Å². The Morgan fingerprint density at radius 1 is 1.23 bits per heavy atom. The first-order chi connectivity index (χ1) is 6.34. The van der Waals surface area contributed by atoms with Gasteiger partial charge in [-0.2, -0.15) is 0 Å². The summed E-state index contributed by atoms with van der Waals surface area (Å²) in [7, 11) is 2.12. The van der Waals surface area contributed by atoms with Gasteiger partial charge in [-0.25, -0.2) is 4.58 Å². The predicted octanol–water partition coefficient (Wildman–Crippen LogP) is 2.19. The lowest BCUT2D eigenvalue weighted by Gasteiger charge is -1.91. The molecule has 1 heteroatoms. The molecule has 2 rings (SSSR count). The molecule has 1 aromatic rings. The van der Waals surface area contributed by atoms with E-state index in [9.17, 15) is 0 Å². The van der Waals surface area contributed by atoms with Gasteiger partial charge in [0.25, 0.3) is 0 Å². The molecule has 66 valence electrons. The molecule has 0 aromatic heterocycles. The van der Waals surface area contributed by atoms with Crippen LogP contribution in [0.25, 0.3) is 6.08 Å². The maximum Gasteiger partial charge on any atom is 0.166 e. The van der Waals surface area contributed by atoms with E-state index in [1.165, 1.54) is 17.6 Å². The van der Waals surface area contributed by atoms with Crippen LogP contribution in [0.15, 0.2) is 35.9 Å². The van der Waals surface area contributed by atoms with E-state index in [0.29, 0.717) is 0 Å². The average molecular weight is 172 g/mol. The molecule has 0 saturated carbocycles. The van der Waals surface area contributed by atoms with Crippen LogP contribution in [0.4, 0.5) is 0 Å². The Morgan fingerprint density at radius 3 is 2.62 bits per heavy atom. The van der Waals surface area contributed by atoms with E-state index in [1.54, 1.807) is 0 Å². The van der Waals surface area contributed by atoms with Crippen molar-refractivity contribution < 1.29 is 4.58 Å². The van der Waals surface area contributed by atoms with Gasteiger partial charge in [0.2, 0.25) is 0 Å². The molecular weight excluding hydrogens is 158 g/mol. The molecule has 1 aliphatic rings. The van der Waals surface area contributed by atoms with Crippen LogP contribution in [-0.2, 0) is 0 Å². The van der Waals surface area contributed by atoms with Crippen molar-refractivity contribution in [3.8, 4) is 0 Å². The van der Waals surface area contributed by atoms with E-state index in [-0.39, 0.29) is 0 Å². The Hall–Kier alpha value is -1.37. The third-order valence-corrected chi connectivity index (χ3v) is 2.29. The highest BCUT2D eigenvalue weighted by atomic mass is 15.0. The van der Waals surface area contributed by atoms with Gasteiger partial charge in [0.15, 0.2) is 6.21 Å². The lowest BCUT2D eigenvalue weighted by atomic mass is 10.1. The average Bonchev–Trinajstić information content (AvgIpc) is 2.53. The van der Waals surface area contributed by atoms with Gasteiger partial charge >= 0.3 is 0 Å². The summed E-state index contributed by atoms with van der Waals surface area (Å²) >= 11 is 0. The van der Waals surface area contributed by atoms with Crippen molar-refractivity contribution >= 4 is 12.3 Å². The van der Waals surface area contributed by atoms with Crippen molar-refractivity contribution in [3.05, 3.63) is 41.5 Å². The molecule has 1 aliphatic heterocycles. The van der Waals surface area contributed by atoms with E-state index in [0.717, 1.165) is 6.54 Å². The van der Waals surface area contributed by atoms with E-state index in [1.807, 2.05) is 6.07 Å². The summed E-state index contributed by atoms with van der Waals surface area (Å²) in [4.78, 5) is 0. The van der Waals surface area contributed by atoms with Crippen LogP contribution in [-0.4, -0.2) is 24.4 Å². The minimum Gasteiger partial charge on any atom is -0.238 e. The van der Waals surface area contributed by atoms with Crippen LogP contribution in [0.1, 0.15) is 12.0 Å². The van der Waals surface area contributed by atoms with E-state index >= 15 is 0 Å². The van der Waals surface area contributed by atoms with Crippen LogP contribution < -0.4 is 0 Å². The molecule has 0 radical (unpaired) electrons. The standard InChI is InChI=1S/C12H14N/c1-13-8-7-12(10-13)9-11-5-3-2-4-6-11/h2-6,9-10H,7-8H2,1H3/q+1/b12-9+. The smallest absolute Gasteiger partial charge is 0.166 e. The second-order valence-corrected chi connectivity index (χ2v) is 3.49. The number of hydrogen-bond acceptors (Lipinski definition) is 0. The van der Waals surface area contributed by atoms with Gasteiger partial charge in [0, 0.05) is 12.0 Å². The fourth-order valence-corrected chi connectivity index (χ4v) is 1.59. The van der Waals surface area contributed by atoms with Gasteiger partial charge in [0.1, 0.15) is 13.6 Å². The van der Waals surface area contributed by atoms with Crippen LogP contribution in [0.3, 0.4) is 0 Å². The minimum absolute atomic E-state index is 1.15. The largest absolute Gasteiger partial charge is 0.238 e. The van der Waals surface area contributed by atoms with Crippen LogP contribution >= 0.6 is 0 Å². The SMILES string of the molecule is C[N+]1=C/C(=C/c2ccccc2)CC1. The zero-order chi connectivity index (χ0) is 9.10. The van der Waals surface area contributed by atoms with Gasteiger partial charge in [-0.05, 0) is 11.6 Å². The summed E-state index contributed by atoms with van der Waals surface area (Å²) in [6, 6.07) is 10.5. The first-order valence-corrected chi connectivity index (χ1v) is 4.65. The number of hydrogen-bond donors (Lipinski definition) is 0. The molecule has 0 spiro atoms. The Bertz CT molecular complexity index is 347. The Labute approximate surface area is 79.0 Å². The van der Waals surface area contributed by atoms with Crippen molar-refractivity contribution in [1.29, 1.82) is 0 Å². The predicted molar refractivity (Wildman–Crippen MR) is 56.2 cm³/mol. The highest BCUT2D eigenvalue weighted by molar-refractivity contribution is 5.83. The summed E-state index contributed by atoms with van der Waals surface area (Å²) in [5.41, 5.74) is 2.72. The Kier molecular flexibility index (Phi) is 2.26. The van der Waals surface area contributed by atoms with Gasteiger partial charge in [0.05, 0.1) is 0 Å². The Morgan fingerprint density at radius 2 is 2.00 bits per heavy atom. The van der Waals surface area contributed by atoms with Gasteiger partial charge in [-0.3, -0.25) is 0 Å². The van der Waals surface area contributed by atoms with Gasteiger partial charge in [-0.15, -0.1) is 0 Å². The van der Waals surface area contributed by atoms with Crippen molar-refractivity contribution in [2.75, 3.05) is 13.6 Å². The topological polar surface area (TPSA) is 3.01 Å². The summed E-state index contributed by atoms with van der Waals surface area (Å²) < 4.78 is 2.23.